The van der Waals surface area contributed by atoms with Crippen LogP contribution in [0, 0.1) is 19.3 Å². The molecule has 1 aromatic heterocycles. The third-order valence-corrected chi connectivity index (χ3v) is 7.35. The van der Waals surface area contributed by atoms with Crippen molar-refractivity contribution in [1.29, 1.82) is 0 Å². The van der Waals surface area contributed by atoms with Crippen molar-refractivity contribution < 1.29 is 19.1 Å². The Kier molecular flexibility index (Phi) is 8.34. The average Bonchev–Trinajstić information content (AvgIpc) is 3.19. The molecule has 8 nitrogen and oxygen atoms in total. The van der Waals surface area contributed by atoms with Crippen LogP contribution >= 0.6 is 11.6 Å². The fourth-order valence-corrected chi connectivity index (χ4v) is 5.29. The van der Waals surface area contributed by atoms with Gasteiger partial charge in [0.05, 0.1) is 25.5 Å². The SMILES string of the molecule is Cc1n[nH]c(C)c1CCC(=O)N1CCC[C@@](COc2cccc(Cl)c2)(CC(=O)N2CCOCC2)C1. The van der Waals surface area contributed by atoms with E-state index in [1.165, 1.54) is 0 Å². The first-order valence-electron chi connectivity index (χ1n) is 12.4. The molecule has 2 fully saturated rings. The maximum atomic E-state index is 13.2. The van der Waals surface area contributed by atoms with Crippen molar-refractivity contribution in [2.24, 2.45) is 5.41 Å². The molecule has 3 heterocycles. The van der Waals surface area contributed by atoms with E-state index in [9.17, 15) is 9.59 Å². The van der Waals surface area contributed by atoms with Crippen LogP contribution in [-0.2, 0) is 20.7 Å². The molecule has 190 valence electrons. The lowest BCUT2D eigenvalue weighted by Gasteiger charge is -2.43. The number of rotatable bonds is 8. The second-order valence-corrected chi connectivity index (χ2v) is 10.2. The van der Waals surface area contributed by atoms with Crippen molar-refractivity contribution in [3.8, 4) is 5.75 Å². The summed E-state index contributed by atoms with van der Waals surface area (Å²) in [5, 5.41) is 7.83. The molecular weight excluding hydrogens is 468 g/mol. The molecule has 2 amide bonds. The number of amides is 2. The molecule has 1 N–H and O–H groups in total. The predicted octanol–water partition coefficient (Wildman–Crippen LogP) is 3.55. The van der Waals surface area contributed by atoms with E-state index in [4.69, 9.17) is 21.1 Å². The van der Waals surface area contributed by atoms with Crippen LogP contribution in [-0.4, -0.2) is 77.8 Å². The van der Waals surface area contributed by atoms with E-state index in [1.54, 1.807) is 12.1 Å². The van der Waals surface area contributed by atoms with Gasteiger partial charge in [-0.3, -0.25) is 14.7 Å². The minimum absolute atomic E-state index is 0.0990. The third kappa shape index (κ3) is 6.55. The van der Waals surface area contributed by atoms with Crippen molar-refractivity contribution in [3.63, 3.8) is 0 Å². The van der Waals surface area contributed by atoms with E-state index in [0.29, 0.717) is 76.0 Å². The standard InChI is InChI=1S/C26H35ClN4O4/c1-19-23(20(2)29-28-19)7-8-24(32)31-10-4-9-26(17-31,16-25(33)30-11-13-34-14-12-30)18-35-22-6-3-5-21(27)15-22/h3,5-6,15H,4,7-14,16-18H2,1-2H3,(H,28,29)/t26-/m1/s1. The number of piperidine rings is 1. The Morgan fingerprint density at radius 1 is 1.17 bits per heavy atom. The van der Waals surface area contributed by atoms with Gasteiger partial charge in [0.25, 0.3) is 0 Å². The van der Waals surface area contributed by atoms with Gasteiger partial charge in [-0.15, -0.1) is 0 Å². The molecular formula is C26H35ClN4O4. The summed E-state index contributed by atoms with van der Waals surface area (Å²) in [4.78, 5) is 30.3. The van der Waals surface area contributed by atoms with Gasteiger partial charge < -0.3 is 19.3 Å². The smallest absolute Gasteiger partial charge is 0.223 e. The van der Waals surface area contributed by atoms with E-state index < -0.39 is 5.41 Å². The Hall–Kier alpha value is -2.58. The molecule has 0 bridgehead atoms. The number of carbonyl (C=O) groups is 2. The monoisotopic (exact) mass is 502 g/mol. The molecule has 0 saturated carbocycles. The van der Waals surface area contributed by atoms with Crippen LogP contribution < -0.4 is 4.74 Å². The topological polar surface area (TPSA) is 87.8 Å². The van der Waals surface area contributed by atoms with Gasteiger partial charge in [0, 0.05) is 55.2 Å². The highest BCUT2D eigenvalue weighted by Gasteiger charge is 2.41. The molecule has 1 aromatic carbocycles. The van der Waals surface area contributed by atoms with Crippen LogP contribution in [0.2, 0.25) is 5.02 Å². The summed E-state index contributed by atoms with van der Waals surface area (Å²) in [5.41, 5.74) is 2.60. The first-order chi connectivity index (χ1) is 16.8. The Bertz CT molecular complexity index is 1020. The number of likely N-dealkylation sites (tertiary alicyclic amines) is 1. The molecule has 1 atom stereocenters. The van der Waals surface area contributed by atoms with Crippen LogP contribution in [0.15, 0.2) is 24.3 Å². The summed E-state index contributed by atoms with van der Waals surface area (Å²) >= 11 is 6.14. The number of halogens is 1. The number of benzene rings is 1. The van der Waals surface area contributed by atoms with Gasteiger partial charge in [0.15, 0.2) is 0 Å². The molecule has 35 heavy (non-hydrogen) atoms. The first kappa shape index (κ1) is 25.5. The van der Waals surface area contributed by atoms with Gasteiger partial charge in [0.2, 0.25) is 11.8 Å². The van der Waals surface area contributed by atoms with Crippen LogP contribution in [0.25, 0.3) is 0 Å². The minimum Gasteiger partial charge on any atom is -0.493 e. The van der Waals surface area contributed by atoms with E-state index in [2.05, 4.69) is 10.2 Å². The summed E-state index contributed by atoms with van der Waals surface area (Å²) in [7, 11) is 0. The zero-order valence-corrected chi connectivity index (χ0v) is 21.4. The van der Waals surface area contributed by atoms with Crippen molar-refractivity contribution in [1.82, 2.24) is 20.0 Å². The molecule has 0 radical (unpaired) electrons. The lowest BCUT2D eigenvalue weighted by molar-refractivity contribution is -0.143. The van der Waals surface area contributed by atoms with Gasteiger partial charge in [0.1, 0.15) is 5.75 Å². The summed E-state index contributed by atoms with van der Waals surface area (Å²) in [6.07, 6.45) is 3.08. The lowest BCUT2D eigenvalue weighted by Crippen LogP contribution is -2.52. The Morgan fingerprint density at radius 3 is 2.69 bits per heavy atom. The normalized spacial score (nSPS) is 20.7. The van der Waals surface area contributed by atoms with Crippen LogP contribution in [0.5, 0.6) is 5.75 Å². The molecule has 0 unspecified atom stereocenters. The van der Waals surface area contributed by atoms with Crippen molar-refractivity contribution in [2.45, 2.75) is 46.0 Å². The van der Waals surface area contributed by atoms with E-state index in [1.807, 2.05) is 35.8 Å². The number of nitrogens with zero attached hydrogens (tertiary/aromatic N) is 3. The highest BCUT2D eigenvalue weighted by atomic mass is 35.5. The number of hydrogen-bond donors (Lipinski definition) is 1. The molecule has 2 aromatic rings. The van der Waals surface area contributed by atoms with Gasteiger partial charge in [-0.25, -0.2) is 0 Å². The second kappa shape index (κ2) is 11.4. The van der Waals surface area contributed by atoms with Crippen molar-refractivity contribution in [2.75, 3.05) is 46.0 Å². The number of aromatic nitrogens is 2. The average molecular weight is 503 g/mol. The number of aryl methyl sites for hydroxylation is 2. The number of nitrogens with one attached hydrogen (secondary N) is 1. The molecule has 2 aliphatic heterocycles. The first-order valence-corrected chi connectivity index (χ1v) is 12.8. The fourth-order valence-electron chi connectivity index (χ4n) is 5.10. The lowest BCUT2D eigenvalue weighted by atomic mass is 9.77. The van der Waals surface area contributed by atoms with Crippen LogP contribution in [0.3, 0.4) is 0 Å². The number of carbonyl (C=O) groups excluding carboxylic acids is 2. The Morgan fingerprint density at radius 2 is 1.97 bits per heavy atom. The van der Waals surface area contributed by atoms with Gasteiger partial charge in [-0.1, -0.05) is 17.7 Å². The third-order valence-electron chi connectivity index (χ3n) is 7.11. The quantitative estimate of drug-likeness (QED) is 0.596. The van der Waals surface area contributed by atoms with E-state index in [-0.39, 0.29) is 11.8 Å². The zero-order chi connectivity index (χ0) is 24.8. The summed E-state index contributed by atoms with van der Waals surface area (Å²) in [6, 6.07) is 7.29. The van der Waals surface area contributed by atoms with E-state index >= 15 is 0 Å². The largest absolute Gasteiger partial charge is 0.493 e. The number of hydrogen-bond acceptors (Lipinski definition) is 5. The van der Waals surface area contributed by atoms with E-state index in [0.717, 1.165) is 29.8 Å². The van der Waals surface area contributed by atoms with Crippen LogP contribution in [0.1, 0.15) is 42.6 Å². The molecule has 0 spiro atoms. The zero-order valence-electron chi connectivity index (χ0n) is 20.6. The van der Waals surface area contributed by atoms with Gasteiger partial charge >= 0.3 is 0 Å². The highest BCUT2D eigenvalue weighted by molar-refractivity contribution is 6.30. The number of aromatic amines is 1. The molecule has 4 rings (SSSR count). The molecule has 0 aliphatic carbocycles. The number of ether oxygens (including phenoxy) is 2. The summed E-state index contributed by atoms with van der Waals surface area (Å²) in [6.45, 7) is 7.85. The number of morpholine rings is 1. The van der Waals surface area contributed by atoms with Crippen molar-refractivity contribution >= 4 is 23.4 Å². The maximum absolute atomic E-state index is 13.2. The maximum Gasteiger partial charge on any atom is 0.223 e. The fraction of sp³-hybridized carbons (Fsp3) is 0.577. The Labute approximate surface area is 211 Å². The Balaban J connectivity index is 1.46. The van der Waals surface area contributed by atoms with Gasteiger partial charge in [-0.2, -0.15) is 5.10 Å². The predicted molar refractivity (Wildman–Crippen MR) is 134 cm³/mol. The molecule has 2 aliphatic rings. The van der Waals surface area contributed by atoms with Gasteiger partial charge in [-0.05, 0) is 56.9 Å². The highest BCUT2D eigenvalue weighted by Crippen LogP contribution is 2.36. The summed E-state index contributed by atoms with van der Waals surface area (Å²) in [5.74, 6) is 0.877. The second-order valence-electron chi connectivity index (χ2n) is 9.75. The van der Waals surface area contributed by atoms with Crippen molar-refractivity contribution in [3.05, 3.63) is 46.2 Å². The number of H-pyrrole nitrogens is 1. The molecule has 9 heteroatoms. The summed E-state index contributed by atoms with van der Waals surface area (Å²) < 4.78 is 11.6. The molecule has 2 saturated heterocycles. The van der Waals surface area contributed by atoms with Crippen LogP contribution in [0.4, 0.5) is 0 Å². The minimum atomic E-state index is -0.451.